The van der Waals surface area contributed by atoms with E-state index in [4.69, 9.17) is 9.47 Å². The zero-order valence-corrected chi connectivity index (χ0v) is 13.3. The lowest BCUT2D eigenvalue weighted by molar-refractivity contribution is 0.391. The molecule has 0 heterocycles. The first kappa shape index (κ1) is 15.2. The van der Waals surface area contributed by atoms with Crippen molar-refractivity contribution in [1.29, 1.82) is 0 Å². The van der Waals surface area contributed by atoms with Crippen LogP contribution in [0.3, 0.4) is 0 Å². The van der Waals surface area contributed by atoms with Gasteiger partial charge in [0.2, 0.25) is 0 Å². The van der Waals surface area contributed by atoms with Gasteiger partial charge in [-0.3, -0.25) is 0 Å². The van der Waals surface area contributed by atoms with Crippen LogP contribution >= 0.6 is 0 Å². The number of methoxy groups -OCH3 is 2. The van der Waals surface area contributed by atoms with Gasteiger partial charge < -0.3 is 14.6 Å². The summed E-state index contributed by atoms with van der Waals surface area (Å²) >= 11 is 0. The molecule has 0 radical (unpaired) electrons. The van der Waals surface area contributed by atoms with Crippen LogP contribution in [-0.4, -0.2) is 19.3 Å². The molecule has 0 bridgehead atoms. The van der Waals surface area contributed by atoms with E-state index in [1.807, 2.05) is 32.9 Å². The number of rotatable bonds is 4. The molecule has 3 nitrogen and oxygen atoms in total. The van der Waals surface area contributed by atoms with E-state index >= 15 is 0 Å². The monoisotopic (exact) mass is 286 g/mol. The number of phenolic OH excluding ortho intramolecular Hbond substituents is 1. The molecule has 2 aromatic rings. The average Bonchev–Trinajstić information content (AvgIpc) is 2.46. The highest BCUT2D eigenvalue weighted by Gasteiger charge is 2.18. The second-order valence-electron chi connectivity index (χ2n) is 5.27. The Morgan fingerprint density at radius 2 is 1.52 bits per heavy atom. The molecule has 0 aromatic heterocycles. The molecule has 0 aliphatic carbocycles. The minimum atomic E-state index is 0.278. The van der Waals surface area contributed by atoms with Gasteiger partial charge in [-0.1, -0.05) is 12.1 Å². The molecule has 0 fully saturated rings. The van der Waals surface area contributed by atoms with Crippen LogP contribution in [0.5, 0.6) is 17.2 Å². The van der Waals surface area contributed by atoms with Crippen LogP contribution in [0.1, 0.15) is 27.8 Å². The number of ether oxygens (including phenoxy) is 2. The Morgan fingerprint density at radius 3 is 2.10 bits per heavy atom. The number of benzene rings is 2. The maximum Gasteiger partial charge on any atom is 0.126 e. The molecule has 0 saturated heterocycles. The van der Waals surface area contributed by atoms with E-state index in [2.05, 4.69) is 0 Å². The Hall–Kier alpha value is -2.16. The molecule has 0 aliphatic heterocycles. The van der Waals surface area contributed by atoms with Gasteiger partial charge in [-0.25, -0.2) is 0 Å². The lowest BCUT2D eigenvalue weighted by atomic mass is 9.93. The van der Waals surface area contributed by atoms with E-state index in [-0.39, 0.29) is 5.75 Å². The fraction of sp³-hybridized carbons (Fsp3) is 0.333. The van der Waals surface area contributed by atoms with Crippen molar-refractivity contribution in [2.24, 2.45) is 0 Å². The summed E-state index contributed by atoms with van der Waals surface area (Å²) < 4.78 is 11.2. The summed E-state index contributed by atoms with van der Waals surface area (Å²) in [5, 5.41) is 9.63. The summed E-state index contributed by atoms with van der Waals surface area (Å²) in [6, 6.07) is 7.31. The van der Waals surface area contributed by atoms with Gasteiger partial charge in [0, 0.05) is 12.0 Å². The highest BCUT2D eigenvalue weighted by atomic mass is 16.5. The topological polar surface area (TPSA) is 38.7 Å². The van der Waals surface area contributed by atoms with Gasteiger partial charge in [-0.05, 0) is 55.2 Å². The van der Waals surface area contributed by atoms with Gasteiger partial charge >= 0.3 is 0 Å². The zero-order chi connectivity index (χ0) is 15.6. The molecule has 3 heteroatoms. The second kappa shape index (κ2) is 6.08. The first-order valence-corrected chi connectivity index (χ1v) is 6.98. The molecule has 112 valence electrons. The van der Waals surface area contributed by atoms with Crippen molar-refractivity contribution >= 4 is 0 Å². The summed E-state index contributed by atoms with van der Waals surface area (Å²) in [5.41, 5.74) is 5.42. The lowest BCUT2D eigenvalue weighted by Gasteiger charge is -2.20. The molecule has 1 N–H and O–H groups in total. The van der Waals surface area contributed by atoms with Gasteiger partial charge in [0.15, 0.2) is 0 Å². The van der Waals surface area contributed by atoms with Crippen LogP contribution in [0, 0.1) is 20.8 Å². The van der Waals surface area contributed by atoms with E-state index in [9.17, 15) is 5.11 Å². The van der Waals surface area contributed by atoms with Gasteiger partial charge in [0.1, 0.15) is 17.2 Å². The normalized spacial score (nSPS) is 10.5. The maximum absolute atomic E-state index is 9.63. The fourth-order valence-corrected chi connectivity index (χ4v) is 2.82. The van der Waals surface area contributed by atoms with Crippen molar-refractivity contribution in [2.75, 3.05) is 14.2 Å². The zero-order valence-electron chi connectivity index (χ0n) is 13.3. The van der Waals surface area contributed by atoms with Crippen molar-refractivity contribution in [3.8, 4) is 17.2 Å². The molecular weight excluding hydrogens is 264 g/mol. The quantitative estimate of drug-likeness (QED) is 0.925. The van der Waals surface area contributed by atoms with Gasteiger partial charge in [0.25, 0.3) is 0 Å². The highest BCUT2D eigenvalue weighted by molar-refractivity contribution is 5.59. The fourth-order valence-electron chi connectivity index (χ4n) is 2.82. The van der Waals surface area contributed by atoms with Crippen LogP contribution in [0.4, 0.5) is 0 Å². The van der Waals surface area contributed by atoms with Gasteiger partial charge in [-0.2, -0.15) is 0 Å². The third-order valence-electron chi connectivity index (χ3n) is 4.01. The Morgan fingerprint density at radius 1 is 0.905 bits per heavy atom. The first-order chi connectivity index (χ1) is 9.99. The molecule has 0 aliphatic rings. The number of phenols is 1. The molecule has 2 aromatic carbocycles. The molecular formula is C18H22O3. The minimum absolute atomic E-state index is 0.278. The Kier molecular flexibility index (Phi) is 4.41. The van der Waals surface area contributed by atoms with E-state index < -0.39 is 0 Å². The van der Waals surface area contributed by atoms with Crippen LogP contribution in [0.15, 0.2) is 24.3 Å². The van der Waals surface area contributed by atoms with E-state index in [0.29, 0.717) is 6.42 Å². The number of aromatic hydroxyl groups is 1. The summed E-state index contributed by atoms with van der Waals surface area (Å²) in [7, 11) is 3.39. The third-order valence-corrected chi connectivity index (χ3v) is 4.01. The average molecular weight is 286 g/mol. The summed E-state index contributed by atoms with van der Waals surface area (Å²) in [6.07, 6.45) is 0.695. The molecule has 0 spiro atoms. The molecule has 0 amide bonds. The molecule has 0 atom stereocenters. The van der Waals surface area contributed by atoms with Crippen molar-refractivity contribution in [2.45, 2.75) is 27.2 Å². The van der Waals surface area contributed by atoms with E-state index in [0.717, 1.165) is 39.3 Å². The predicted molar refractivity (Wildman–Crippen MR) is 84.7 cm³/mol. The Labute approximate surface area is 126 Å². The SMILES string of the molecule is COc1c(C)c(C)c(OC)c(Cc2cccc(O)c2)c1C. The standard InChI is InChI=1S/C18H22O3/c1-11-12(2)18(21-5)16(13(3)17(11)20-4)10-14-7-6-8-15(19)9-14/h6-9,19H,10H2,1-5H3. The molecule has 0 unspecified atom stereocenters. The number of hydrogen-bond donors (Lipinski definition) is 1. The van der Waals surface area contributed by atoms with Gasteiger partial charge in [0.05, 0.1) is 14.2 Å². The first-order valence-electron chi connectivity index (χ1n) is 6.98. The van der Waals surface area contributed by atoms with E-state index in [1.165, 1.54) is 0 Å². The summed E-state index contributed by atoms with van der Waals surface area (Å²) in [5.74, 6) is 2.08. The Balaban J connectivity index is 2.59. The Bertz CT molecular complexity index is 660. The van der Waals surface area contributed by atoms with Crippen molar-refractivity contribution in [3.05, 3.63) is 52.1 Å². The molecule has 0 saturated carbocycles. The minimum Gasteiger partial charge on any atom is -0.508 e. The highest BCUT2D eigenvalue weighted by Crippen LogP contribution is 2.38. The third kappa shape index (κ3) is 2.82. The van der Waals surface area contributed by atoms with Crippen molar-refractivity contribution in [1.82, 2.24) is 0 Å². The number of hydrogen-bond acceptors (Lipinski definition) is 3. The lowest BCUT2D eigenvalue weighted by Crippen LogP contribution is -2.04. The predicted octanol–water partition coefficient (Wildman–Crippen LogP) is 3.93. The maximum atomic E-state index is 9.63. The van der Waals surface area contributed by atoms with Crippen LogP contribution in [0.25, 0.3) is 0 Å². The van der Waals surface area contributed by atoms with Crippen molar-refractivity contribution < 1.29 is 14.6 Å². The molecule has 21 heavy (non-hydrogen) atoms. The second-order valence-corrected chi connectivity index (χ2v) is 5.27. The van der Waals surface area contributed by atoms with Crippen molar-refractivity contribution in [3.63, 3.8) is 0 Å². The van der Waals surface area contributed by atoms with E-state index in [1.54, 1.807) is 26.4 Å². The largest absolute Gasteiger partial charge is 0.508 e. The van der Waals surface area contributed by atoms with Gasteiger partial charge in [-0.15, -0.1) is 0 Å². The van der Waals surface area contributed by atoms with Crippen LogP contribution < -0.4 is 9.47 Å². The summed E-state index contributed by atoms with van der Waals surface area (Å²) in [6.45, 7) is 6.13. The smallest absolute Gasteiger partial charge is 0.126 e. The van der Waals surface area contributed by atoms with Crippen LogP contribution in [-0.2, 0) is 6.42 Å². The molecule has 2 rings (SSSR count). The summed E-state index contributed by atoms with van der Waals surface area (Å²) in [4.78, 5) is 0. The van der Waals surface area contributed by atoms with Crippen LogP contribution in [0.2, 0.25) is 0 Å².